The Morgan fingerprint density at radius 2 is 1.62 bits per heavy atom. The number of hydrogen-bond donors (Lipinski definition) is 0. The quantitative estimate of drug-likeness (QED) is 0.353. The van der Waals surface area contributed by atoms with Crippen LogP contribution in [0.1, 0.15) is 21.5 Å². The topological polar surface area (TPSA) is 65.0 Å². The summed E-state index contributed by atoms with van der Waals surface area (Å²) in [6.07, 6.45) is 1.61. The van der Waals surface area contributed by atoms with E-state index in [2.05, 4.69) is 4.99 Å². The van der Waals surface area contributed by atoms with Gasteiger partial charge in [0.15, 0.2) is 5.70 Å². The Bertz CT molecular complexity index is 1120. The number of esters is 2. The highest BCUT2D eigenvalue weighted by Gasteiger charge is 2.23. The lowest BCUT2D eigenvalue weighted by molar-refractivity contribution is -0.129. The van der Waals surface area contributed by atoms with Crippen molar-refractivity contribution in [3.8, 4) is 5.75 Å². The Morgan fingerprint density at radius 1 is 0.931 bits per heavy atom. The van der Waals surface area contributed by atoms with Gasteiger partial charge in [0.2, 0.25) is 5.90 Å². The van der Waals surface area contributed by atoms with Gasteiger partial charge < -0.3 is 9.47 Å². The minimum absolute atomic E-state index is 0.203. The first-order valence-corrected chi connectivity index (χ1v) is 9.12. The lowest BCUT2D eigenvalue weighted by Crippen LogP contribution is -2.08. The van der Waals surface area contributed by atoms with E-state index in [1.807, 2.05) is 30.3 Å². The van der Waals surface area contributed by atoms with Crippen LogP contribution < -0.4 is 4.74 Å². The minimum atomic E-state index is -0.512. The van der Waals surface area contributed by atoms with Crippen LogP contribution in [0.2, 0.25) is 5.02 Å². The predicted octanol–water partition coefficient (Wildman–Crippen LogP) is 4.90. The van der Waals surface area contributed by atoms with Crippen LogP contribution in [0.25, 0.3) is 6.08 Å². The zero-order chi connectivity index (χ0) is 20.2. The van der Waals surface area contributed by atoms with Gasteiger partial charge in [-0.05, 0) is 60.2 Å². The molecule has 6 heteroatoms. The fourth-order valence-electron chi connectivity index (χ4n) is 2.66. The second-order valence-electron chi connectivity index (χ2n) is 6.17. The van der Waals surface area contributed by atoms with E-state index in [1.54, 1.807) is 54.6 Å². The average Bonchev–Trinajstić information content (AvgIpc) is 3.11. The van der Waals surface area contributed by atoms with Gasteiger partial charge in [0.05, 0.1) is 5.56 Å². The number of halogens is 1. The number of nitrogens with zero attached hydrogens (tertiary/aromatic N) is 1. The van der Waals surface area contributed by atoms with Crippen molar-refractivity contribution in [2.45, 2.75) is 0 Å². The van der Waals surface area contributed by atoms with E-state index in [4.69, 9.17) is 21.1 Å². The first-order chi connectivity index (χ1) is 14.1. The van der Waals surface area contributed by atoms with Crippen molar-refractivity contribution in [2.75, 3.05) is 0 Å². The van der Waals surface area contributed by atoms with E-state index in [-0.39, 0.29) is 11.6 Å². The molecule has 5 nitrogen and oxygen atoms in total. The molecule has 0 aromatic heterocycles. The van der Waals surface area contributed by atoms with Gasteiger partial charge in [-0.15, -0.1) is 0 Å². The lowest BCUT2D eigenvalue weighted by atomic mass is 10.2. The molecule has 0 radical (unpaired) electrons. The predicted molar refractivity (Wildman–Crippen MR) is 110 cm³/mol. The van der Waals surface area contributed by atoms with Crippen LogP contribution in [0.15, 0.2) is 89.6 Å². The van der Waals surface area contributed by atoms with Crippen LogP contribution in [0.3, 0.4) is 0 Å². The van der Waals surface area contributed by atoms with Crippen molar-refractivity contribution in [3.05, 3.63) is 106 Å². The maximum Gasteiger partial charge on any atom is 0.363 e. The molecule has 0 unspecified atom stereocenters. The third-order valence-corrected chi connectivity index (χ3v) is 4.37. The number of carbonyl (C=O) groups is 2. The van der Waals surface area contributed by atoms with Gasteiger partial charge >= 0.3 is 11.9 Å². The molecule has 3 aromatic rings. The summed E-state index contributed by atoms with van der Waals surface area (Å²) >= 11 is 5.82. The molecule has 3 aromatic carbocycles. The van der Waals surface area contributed by atoms with E-state index in [9.17, 15) is 9.59 Å². The van der Waals surface area contributed by atoms with Gasteiger partial charge in [-0.2, -0.15) is 0 Å². The number of ether oxygens (including phenoxy) is 2. The Balaban J connectivity index is 1.48. The van der Waals surface area contributed by atoms with E-state index in [0.29, 0.717) is 16.3 Å². The van der Waals surface area contributed by atoms with Crippen molar-refractivity contribution in [1.82, 2.24) is 0 Å². The number of aliphatic imine (C=N–C) groups is 1. The number of carbonyl (C=O) groups excluding carboxylic acids is 2. The maximum absolute atomic E-state index is 12.1. The van der Waals surface area contributed by atoms with Gasteiger partial charge in [0, 0.05) is 10.6 Å². The lowest BCUT2D eigenvalue weighted by Gasteiger charge is -2.05. The highest BCUT2D eigenvalue weighted by molar-refractivity contribution is 6.30. The molecule has 4 rings (SSSR count). The van der Waals surface area contributed by atoms with E-state index in [0.717, 1.165) is 11.1 Å². The van der Waals surface area contributed by atoms with Crippen molar-refractivity contribution in [1.29, 1.82) is 0 Å². The first kappa shape index (κ1) is 18.7. The molecule has 29 heavy (non-hydrogen) atoms. The first-order valence-electron chi connectivity index (χ1n) is 8.74. The molecule has 0 aliphatic carbocycles. The fourth-order valence-corrected chi connectivity index (χ4v) is 2.78. The third kappa shape index (κ3) is 4.42. The molecule has 0 amide bonds. The molecule has 0 N–H and O–H groups in total. The van der Waals surface area contributed by atoms with Crippen LogP contribution in [0.4, 0.5) is 0 Å². The summed E-state index contributed by atoms with van der Waals surface area (Å²) in [5, 5.41) is 0.544. The zero-order valence-corrected chi connectivity index (χ0v) is 15.8. The average molecular weight is 404 g/mol. The van der Waals surface area contributed by atoms with Crippen molar-refractivity contribution >= 4 is 35.5 Å². The summed E-state index contributed by atoms with van der Waals surface area (Å²) < 4.78 is 10.6. The summed E-state index contributed by atoms with van der Waals surface area (Å²) in [7, 11) is 0. The molecule has 0 atom stereocenters. The maximum atomic E-state index is 12.1. The Labute approximate surface area is 171 Å². The molecule has 1 heterocycles. The van der Waals surface area contributed by atoms with Gasteiger partial charge in [0.25, 0.3) is 0 Å². The molecular weight excluding hydrogens is 390 g/mol. The summed E-state index contributed by atoms with van der Waals surface area (Å²) in [5.41, 5.74) is 2.06. The standard InChI is InChI=1S/C23H14ClNO4/c24-18-10-8-17(9-11-18)22(26)28-19-12-6-15(7-13-19)14-20-23(27)29-21(25-20)16-4-2-1-3-5-16/h1-14H/b20-14-. The molecule has 1 aliphatic rings. The highest BCUT2D eigenvalue weighted by atomic mass is 35.5. The van der Waals surface area contributed by atoms with Crippen LogP contribution in [-0.2, 0) is 9.53 Å². The SMILES string of the molecule is O=C1OC(c2ccccc2)=N/C1=C\c1ccc(OC(=O)c2ccc(Cl)cc2)cc1. The van der Waals surface area contributed by atoms with Crippen molar-refractivity contribution in [3.63, 3.8) is 0 Å². The van der Waals surface area contributed by atoms with E-state index in [1.165, 1.54) is 0 Å². The Kier molecular flexibility index (Phi) is 5.22. The van der Waals surface area contributed by atoms with Gasteiger partial charge in [-0.25, -0.2) is 14.6 Å². The molecule has 0 fully saturated rings. The largest absolute Gasteiger partial charge is 0.423 e. The zero-order valence-electron chi connectivity index (χ0n) is 15.0. The number of hydrogen-bond acceptors (Lipinski definition) is 5. The minimum Gasteiger partial charge on any atom is -0.423 e. The Hall–Kier alpha value is -3.70. The Morgan fingerprint density at radius 3 is 2.31 bits per heavy atom. The summed E-state index contributed by atoms with van der Waals surface area (Å²) in [5.74, 6) is -0.337. The highest BCUT2D eigenvalue weighted by Crippen LogP contribution is 2.21. The molecule has 1 aliphatic heterocycles. The second kappa shape index (κ2) is 8.12. The molecule has 0 saturated carbocycles. The second-order valence-corrected chi connectivity index (χ2v) is 6.60. The summed E-state index contributed by atoms with van der Waals surface area (Å²) in [4.78, 5) is 28.5. The molecule has 0 spiro atoms. The number of rotatable bonds is 4. The summed E-state index contributed by atoms with van der Waals surface area (Å²) in [6, 6.07) is 22.4. The number of cyclic esters (lactones) is 1. The van der Waals surface area contributed by atoms with E-state index >= 15 is 0 Å². The van der Waals surface area contributed by atoms with Crippen molar-refractivity contribution in [2.24, 2.45) is 4.99 Å². The number of benzene rings is 3. The van der Waals surface area contributed by atoms with Crippen LogP contribution in [-0.4, -0.2) is 17.8 Å². The van der Waals surface area contributed by atoms with E-state index < -0.39 is 11.9 Å². The van der Waals surface area contributed by atoms with Crippen LogP contribution in [0, 0.1) is 0 Å². The van der Waals surface area contributed by atoms with Gasteiger partial charge in [0.1, 0.15) is 5.75 Å². The normalized spacial score (nSPS) is 14.4. The third-order valence-electron chi connectivity index (χ3n) is 4.12. The van der Waals surface area contributed by atoms with Crippen LogP contribution >= 0.6 is 11.6 Å². The van der Waals surface area contributed by atoms with Crippen molar-refractivity contribution < 1.29 is 19.1 Å². The monoisotopic (exact) mass is 403 g/mol. The molecular formula is C23H14ClNO4. The summed E-state index contributed by atoms with van der Waals surface area (Å²) in [6.45, 7) is 0. The molecule has 142 valence electrons. The smallest absolute Gasteiger partial charge is 0.363 e. The van der Waals surface area contributed by atoms with Gasteiger partial charge in [-0.3, -0.25) is 0 Å². The molecule has 0 saturated heterocycles. The molecule has 0 bridgehead atoms. The van der Waals surface area contributed by atoms with Crippen LogP contribution in [0.5, 0.6) is 5.75 Å². The fraction of sp³-hybridized carbons (Fsp3) is 0. The van der Waals surface area contributed by atoms with Gasteiger partial charge in [-0.1, -0.05) is 41.9 Å².